The van der Waals surface area contributed by atoms with Crippen molar-refractivity contribution in [2.75, 3.05) is 25.4 Å². The van der Waals surface area contributed by atoms with Gasteiger partial charge in [0.05, 0.1) is 11.7 Å². The number of nitrogens with two attached hydrogens (primary N) is 1. The van der Waals surface area contributed by atoms with Gasteiger partial charge in [0, 0.05) is 30.4 Å². The molecule has 0 aliphatic carbocycles. The van der Waals surface area contributed by atoms with Crippen LogP contribution in [0.3, 0.4) is 0 Å². The van der Waals surface area contributed by atoms with Crippen LogP contribution in [0.15, 0.2) is 18.2 Å². The molecular formula is C14H19ClN2O2. The number of hydrogen-bond acceptors (Lipinski definition) is 3. The summed E-state index contributed by atoms with van der Waals surface area (Å²) in [5.41, 5.74) is 6.81. The molecule has 0 spiro atoms. The summed E-state index contributed by atoms with van der Waals surface area (Å²) in [5, 5.41) is 0.545. The van der Waals surface area contributed by atoms with E-state index in [1.807, 2.05) is 11.8 Å². The summed E-state index contributed by atoms with van der Waals surface area (Å²) in [5.74, 6) is -0.0240. The minimum Gasteiger partial charge on any atom is -0.398 e. The largest absolute Gasteiger partial charge is 0.398 e. The molecule has 0 unspecified atom stereocenters. The van der Waals surface area contributed by atoms with Crippen molar-refractivity contribution in [1.82, 2.24) is 4.90 Å². The first-order chi connectivity index (χ1) is 9.11. The van der Waals surface area contributed by atoms with Crippen molar-refractivity contribution in [2.24, 2.45) is 0 Å². The predicted octanol–water partition coefficient (Wildman–Crippen LogP) is 2.56. The van der Waals surface area contributed by atoms with Crippen molar-refractivity contribution < 1.29 is 9.53 Å². The average molecular weight is 283 g/mol. The fraction of sp³-hybridized carbons (Fsp3) is 0.500. The lowest BCUT2D eigenvalue weighted by molar-refractivity contribution is 0.0146. The van der Waals surface area contributed by atoms with Crippen molar-refractivity contribution in [2.45, 2.75) is 25.9 Å². The highest BCUT2D eigenvalue weighted by Crippen LogP contribution is 2.22. The Kier molecular flexibility index (Phi) is 4.66. The lowest BCUT2D eigenvalue weighted by Gasteiger charge is -2.32. The number of anilines is 1. The minimum atomic E-state index is -0.0240. The Labute approximate surface area is 118 Å². The Balaban J connectivity index is 2.01. The molecule has 1 fully saturated rings. The summed E-state index contributed by atoms with van der Waals surface area (Å²) in [4.78, 5) is 14.2. The Bertz CT molecular complexity index is 457. The second-order valence-corrected chi connectivity index (χ2v) is 5.11. The molecule has 2 N–H and O–H groups in total. The monoisotopic (exact) mass is 282 g/mol. The van der Waals surface area contributed by atoms with Gasteiger partial charge >= 0.3 is 0 Å². The summed E-state index contributed by atoms with van der Waals surface area (Å²) < 4.78 is 5.58. The maximum Gasteiger partial charge on any atom is 0.255 e. The molecule has 19 heavy (non-hydrogen) atoms. The fourth-order valence-electron chi connectivity index (χ4n) is 2.36. The first-order valence-corrected chi connectivity index (χ1v) is 6.95. The molecule has 0 saturated carbocycles. The van der Waals surface area contributed by atoms with Gasteiger partial charge < -0.3 is 15.4 Å². The zero-order valence-corrected chi connectivity index (χ0v) is 11.8. The molecule has 5 heteroatoms. The second kappa shape index (κ2) is 6.26. The van der Waals surface area contributed by atoms with E-state index in [0.29, 0.717) is 29.4 Å². The van der Waals surface area contributed by atoms with E-state index in [-0.39, 0.29) is 12.0 Å². The molecule has 0 radical (unpaired) electrons. The highest BCUT2D eigenvalue weighted by molar-refractivity contribution is 6.31. The maximum atomic E-state index is 12.4. The van der Waals surface area contributed by atoms with Gasteiger partial charge in [0.1, 0.15) is 0 Å². The summed E-state index contributed by atoms with van der Waals surface area (Å²) in [6.07, 6.45) is 2.04. The van der Waals surface area contributed by atoms with Crippen LogP contribution >= 0.6 is 11.6 Å². The number of amides is 1. The molecular weight excluding hydrogens is 264 g/mol. The lowest BCUT2D eigenvalue weighted by atomic mass is 10.1. The fourth-order valence-corrected chi connectivity index (χ4v) is 2.54. The van der Waals surface area contributed by atoms with E-state index in [1.165, 1.54) is 0 Å². The quantitative estimate of drug-likeness (QED) is 0.867. The molecule has 1 aliphatic heterocycles. The molecule has 0 bridgehead atoms. The van der Waals surface area contributed by atoms with Crippen molar-refractivity contribution in [1.29, 1.82) is 0 Å². The van der Waals surface area contributed by atoms with Gasteiger partial charge in [-0.1, -0.05) is 11.6 Å². The van der Waals surface area contributed by atoms with Gasteiger partial charge in [0.2, 0.25) is 0 Å². The number of hydrogen-bond donors (Lipinski definition) is 1. The van der Waals surface area contributed by atoms with E-state index in [9.17, 15) is 4.79 Å². The predicted molar refractivity (Wildman–Crippen MR) is 76.4 cm³/mol. The molecule has 104 valence electrons. The van der Waals surface area contributed by atoms with Crippen LogP contribution in [0.5, 0.6) is 0 Å². The van der Waals surface area contributed by atoms with Crippen LogP contribution < -0.4 is 5.73 Å². The highest BCUT2D eigenvalue weighted by atomic mass is 35.5. The van der Waals surface area contributed by atoms with Gasteiger partial charge in [-0.3, -0.25) is 4.79 Å². The number of ether oxygens (including phenoxy) is 1. The molecule has 1 aromatic rings. The topological polar surface area (TPSA) is 55.6 Å². The van der Waals surface area contributed by atoms with Crippen LogP contribution in [0.4, 0.5) is 5.69 Å². The zero-order chi connectivity index (χ0) is 13.8. The number of halogens is 1. The average Bonchev–Trinajstić information content (AvgIpc) is 2.39. The Morgan fingerprint density at radius 1 is 1.47 bits per heavy atom. The summed E-state index contributed by atoms with van der Waals surface area (Å²) >= 11 is 5.84. The lowest BCUT2D eigenvalue weighted by Crippen LogP contribution is -2.41. The molecule has 1 saturated heterocycles. The Morgan fingerprint density at radius 2 is 2.16 bits per heavy atom. The number of piperidine rings is 1. The summed E-state index contributed by atoms with van der Waals surface area (Å²) in [6, 6.07) is 4.99. The molecule has 1 aromatic carbocycles. The van der Waals surface area contributed by atoms with E-state index in [1.54, 1.807) is 18.2 Å². The summed E-state index contributed by atoms with van der Waals surface area (Å²) in [6.45, 7) is 4.14. The van der Waals surface area contributed by atoms with Gasteiger partial charge in [0.25, 0.3) is 5.91 Å². The smallest absolute Gasteiger partial charge is 0.255 e. The van der Waals surface area contributed by atoms with E-state index in [4.69, 9.17) is 22.1 Å². The minimum absolute atomic E-state index is 0.0240. The summed E-state index contributed by atoms with van der Waals surface area (Å²) in [7, 11) is 0. The molecule has 1 aliphatic rings. The number of likely N-dealkylation sites (tertiary alicyclic amines) is 1. The van der Waals surface area contributed by atoms with Crippen molar-refractivity contribution in [3.8, 4) is 0 Å². The standard InChI is InChI=1S/C14H19ClN2O2/c1-2-19-11-5-7-17(8-6-11)14(18)12-4-3-10(15)9-13(12)16/h3-4,9,11H,2,5-8,16H2,1H3. The third-order valence-electron chi connectivity index (χ3n) is 3.38. The normalized spacial score (nSPS) is 16.6. The number of benzene rings is 1. The molecule has 1 amide bonds. The van der Waals surface area contributed by atoms with E-state index >= 15 is 0 Å². The van der Waals surface area contributed by atoms with Gasteiger partial charge in [0.15, 0.2) is 0 Å². The number of carbonyl (C=O) groups is 1. The van der Waals surface area contributed by atoms with Crippen molar-refractivity contribution >= 4 is 23.2 Å². The molecule has 2 rings (SSSR count). The van der Waals surface area contributed by atoms with E-state index in [2.05, 4.69) is 0 Å². The van der Waals surface area contributed by atoms with Gasteiger partial charge in [-0.15, -0.1) is 0 Å². The van der Waals surface area contributed by atoms with Crippen molar-refractivity contribution in [3.05, 3.63) is 28.8 Å². The number of nitrogens with zero attached hydrogens (tertiary/aromatic N) is 1. The van der Waals surface area contributed by atoms with Gasteiger partial charge in [-0.05, 0) is 38.0 Å². The van der Waals surface area contributed by atoms with Crippen LogP contribution in [-0.2, 0) is 4.74 Å². The zero-order valence-electron chi connectivity index (χ0n) is 11.1. The number of rotatable bonds is 3. The van der Waals surface area contributed by atoms with Crippen LogP contribution in [0.25, 0.3) is 0 Å². The van der Waals surface area contributed by atoms with Crippen LogP contribution in [0, 0.1) is 0 Å². The molecule has 0 atom stereocenters. The second-order valence-electron chi connectivity index (χ2n) is 4.68. The van der Waals surface area contributed by atoms with Crippen LogP contribution in [0.1, 0.15) is 30.1 Å². The van der Waals surface area contributed by atoms with Gasteiger partial charge in [-0.25, -0.2) is 0 Å². The Hall–Kier alpha value is -1.26. The van der Waals surface area contributed by atoms with Crippen molar-refractivity contribution in [3.63, 3.8) is 0 Å². The van der Waals surface area contributed by atoms with E-state index < -0.39 is 0 Å². The molecule has 4 nitrogen and oxygen atoms in total. The van der Waals surface area contributed by atoms with E-state index in [0.717, 1.165) is 19.4 Å². The van der Waals surface area contributed by atoms with Crippen LogP contribution in [-0.4, -0.2) is 36.6 Å². The van der Waals surface area contributed by atoms with Crippen LogP contribution in [0.2, 0.25) is 5.02 Å². The first-order valence-electron chi connectivity index (χ1n) is 6.57. The molecule has 1 heterocycles. The number of nitrogen functional groups attached to an aromatic ring is 1. The number of carbonyl (C=O) groups excluding carboxylic acids is 1. The third-order valence-corrected chi connectivity index (χ3v) is 3.61. The van der Waals surface area contributed by atoms with Gasteiger partial charge in [-0.2, -0.15) is 0 Å². The first kappa shape index (κ1) is 14.2. The molecule has 0 aromatic heterocycles. The Morgan fingerprint density at radius 3 is 2.74 bits per heavy atom. The highest BCUT2D eigenvalue weighted by Gasteiger charge is 2.24. The SMILES string of the molecule is CCOC1CCN(C(=O)c2ccc(Cl)cc2N)CC1. The third kappa shape index (κ3) is 3.39. The maximum absolute atomic E-state index is 12.4.